The average molecular weight is 276 g/mol. The van der Waals surface area contributed by atoms with Crippen molar-refractivity contribution in [1.82, 2.24) is 0 Å². The van der Waals surface area contributed by atoms with Gasteiger partial charge in [0.15, 0.2) is 0 Å². The monoisotopic (exact) mass is 276 g/mol. The highest BCUT2D eigenvalue weighted by molar-refractivity contribution is 5.85. The third-order valence-corrected chi connectivity index (χ3v) is 4.03. The van der Waals surface area contributed by atoms with Gasteiger partial charge in [-0.25, -0.2) is 0 Å². The molecule has 3 aromatic rings. The summed E-state index contributed by atoms with van der Waals surface area (Å²) < 4.78 is 0. The Hall–Kier alpha value is -2.12. The van der Waals surface area contributed by atoms with Gasteiger partial charge in [-0.1, -0.05) is 72.3 Å². The molecular formula is C20H20O. The fourth-order valence-corrected chi connectivity index (χ4v) is 2.76. The Morgan fingerprint density at radius 3 is 2.38 bits per heavy atom. The van der Waals surface area contributed by atoms with Crippen molar-refractivity contribution < 1.29 is 5.11 Å². The number of aryl methyl sites for hydroxylation is 2. The second kappa shape index (κ2) is 6.11. The van der Waals surface area contributed by atoms with Crippen LogP contribution in [0.5, 0.6) is 0 Å². The van der Waals surface area contributed by atoms with Gasteiger partial charge in [0.1, 0.15) is 0 Å². The van der Waals surface area contributed by atoms with Crippen molar-refractivity contribution in [2.45, 2.75) is 25.9 Å². The molecule has 0 aliphatic carbocycles. The SMILES string of the molecule is Cc1ccc(C(O)CCc2cccc3ccccc23)cc1. The molecule has 0 bridgehead atoms. The van der Waals surface area contributed by atoms with E-state index in [0.717, 1.165) is 18.4 Å². The Kier molecular flexibility index (Phi) is 4.03. The van der Waals surface area contributed by atoms with Gasteiger partial charge in [-0.15, -0.1) is 0 Å². The van der Waals surface area contributed by atoms with E-state index in [4.69, 9.17) is 0 Å². The third kappa shape index (κ3) is 3.14. The van der Waals surface area contributed by atoms with E-state index in [1.807, 2.05) is 12.1 Å². The van der Waals surface area contributed by atoms with Gasteiger partial charge < -0.3 is 5.11 Å². The van der Waals surface area contributed by atoms with Crippen molar-refractivity contribution in [1.29, 1.82) is 0 Å². The van der Waals surface area contributed by atoms with Crippen LogP contribution in [0.2, 0.25) is 0 Å². The summed E-state index contributed by atoms with van der Waals surface area (Å²) in [6.45, 7) is 2.06. The second-order valence-electron chi connectivity index (χ2n) is 5.60. The minimum Gasteiger partial charge on any atom is -0.388 e. The Bertz CT molecular complexity index is 723. The van der Waals surface area contributed by atoms with Crippen molar-refractivity contribution in [2.24, 2.45) is 0 Å². The minimum atomic E-state index is -0.399. The van der Waals surface area contributed by atoms with E-state index in [2.05, 4.69) is 61.5 Å². The molecule has 0 amide bonds. The molecule has 0 aliphatic rings. The van der Waals surface area contributed by atoms with Gasteiger partial charge in [-0.05, 0) is 41.7 Å². The van der Waals surface area contributed by atoms with E-state index in [0.29, 0.717) is 0 Å². The normalized spacial score (nSPS) is 12.5. The zero-order valence-corrected chi connectivity index (χ0v) is 12.3. The van der Waals surface area contributed by atoms with Crippen LogP contribution in [-0.4, -0.2) is 5.11 Å². The van der Waals surface area contributed by atoms with Crippen LogP contribution in [0.3, 0.4) is 0 Å². The van der Waals surface area contributed by atoms with Crippen molar-refractivity contribution >= 4 is 10.8 Å². The maximum Gasteiger partial charge on any atom is 0.0793 e. The molecule has 0 heterocycles. The first-order valence-electron chi connectivity index (χ1n) is 7.45. The fraction of sp³-hybridized carbons (Fsp3) is 0.200. The molecule has 21 heavy (non-hydrogen) atoms. The predicted molar refractivity (Wildman–Crippen MR) is 88.4 cm³/mol. The summed E-state index contributed by atoms with van der Waals surface area (Å²) in [6, 6.07) is 22.9. The number of hydrogen-bond acceptors (Lipinski definition) is 1. The molecule has 0 radical (unpaired) electrons. The largest absolute Gasteiger partial charge is 0.388 e. The van der Waals surface area contributed by atoms with Gasteiger partial charge in [-0.2, -0.15) is 0 Å². The first kappa shape index (κ1) is 13.8. The Morgan fingerprint density at radius 1 is 0.857 bits per heavy atom. The lowest BCUT2D eigenvalue weighted by Crippen LogP contribution is -2.00. The number of fused-ring (bicyclic) bond motifs is 1. The first-order valence-corrected chi connectivity index (χ1v) is 7.45. The Morgan fingerprint density at radius 2 is 1.57 bits per heavy atom. The molecule has 0 saturated carbocycles. The van der Waals surface area contributed by atoms with E-state index in [9.17, 15) is 5.11 Å². The van der Waals surface area contributed by atoms with Gasteiger partial charge in [0, 0.05) is 0 Å². The smallest absolute Gasteiger partial charge is 0.0793 e. The number of hydrogen-bond donors (Lipinski definition) is 1. The van der Waals surface area contributed by atoms with Crippen LogP contribution in [0, 0.1) is 6.92 Å². The summed E-state index contributed by atoms with van der Waals surface area (Å²) in [6.07, 6.45) is 1.23. The maximum absolute atomic E-state index is 10.3. The molecule has 1 nitrogen and oxygen atoms in total. The van der Waals surface area contributed by atoms with Gasteiger partial charge in [-0.3, -0.25) is 0 Å². The lowest BCUT2D eigenvalue weighted by molar-refractivity contribution is 0.168. The standard InChI is InChI=1S/C20H20O/c1-15-9-11-18(12-10-15)20(21)14-13-17-7-4-6-16-5-2-3-8-19(16)17/h2-12,20-21H,13-14H2,1H3. The first-order chi connectivity index (χ1) is 10.2. The average Bonchev–Trinajstić information content (AvgIpc) is 2.53. The highest BCUT2D eigenvalue weighted by atomic mass is 16.3. The number of aliphatic hydroxyl groups is 1. The van der Waals surface area contributed by atoms with E-state index in [1.54, 1.807) is 0 Å². The summed E-state index contributed by atoms with van der Waals surface area (Å²) in [5, 5.41) is 12.9. The van der Waals surface area contributed by atoms with Crippen molar-refractivity contribution in [3.63, 3.8) is 0 Å². The van der Waals surface area contributed by atoms with Crippen LogP contribution >= 0.6 is 0 Å². The van der Waals surface area contributed by atoms with Crippen molar-refractivity contribution in [3.8, 4) is 0 Å². The van der Waals surface area contributed by atoms with Crippen LogP contribution in [0.15, 0.2) is 66.7 Å². The fourth-order valence-electron chi connectivity index (χ4n) is 2.76. The van der Waals surface area contributed by atoms with Gasteiger partial charge >= 0.3 is 0 Å². The van der Waals surface area contributed by atoms with Gasteiger partial charge in [0.25, 0.3) is 0 Å². The lowest BCUT2D eigenvalue weighted by atomic mass is 9.97. The molecular weight excluding hydrogens is 256 g/mol. The van der Waals surface area contributed by atoms with Crippen LogP contribution < -0.4 is 0 Å². The summed E-state index contributed by atoms with van der Waals surface area (Å²) in [4.78, 5) is 0. The van der Waals surface area contributed by atoms with E-state index < -0.39 is 6.10 Å². The topological polar surface area (TPSA) is 20.2 Å². The molecule has 0 fully saturated rings. The molecule has 3 aromatic carbocycles. The van der Waals surface area contributed by atoms with E-state index in [-0.39, 0.29) is 0 Å². The quantitative estimate of drug-likeness (QED) is 0.724. The number of rotatable bonds is 4. The van der Waals surface area contributed by atoms with E-state index in [1.165, 1.54) is 21.9 Å². The summed E-state index contributed by atoms with van der Waals surface area (Å²) >= 11 is 0. The van der Waals surface area contributed by atoms with Gasteiger partial charge in [0.2, 0.25) is 0 Å². The molecule has 0 spiro atoms. The Labute approximate surface area is 125 Å². The maximum atomic E-state index is 10.3. The molecule has 0 saturated heterocycles. The molecule has 3 rings (SSSR count). The highest BCUT2D eigenvalue weighted by Crippen LogP contribution is 2.24. The number of benzene rings is 3. The minimum absolute atomic E-state index is 0.399. The zero-order chi connectivity index (χ0) is 14.7. The van der Waals surface area contributed by atoms with E-state index >= 15 is 0 Å². The molecule has 1 N–H and O–H groups in total. The second-order valence-corrected chi connectivity index (χ2v) is 5.60. The lowest BCUT2D eigenvalue weighted by Gasteiger charge is -2.12. The van der Waals surface area contributed by atoms with Crippen LogP contribution in [0.4, 0.5) is 0 Å². The highest BCUT2D eigenvalue weighted by Gasteiger charge is 2.08. The van der Waals surface area contributed by atoms with Crippen molar-refractivity contribution in [3.05, 3.63) is 83.4 Å². The number of aliphatic hydroxyl groups excluding tert-OH is 1. The van der Waals surface area contributed by atoms with Crippen molar-refractivity contribution in [2.75, 3.05) is 0 Å². The summed E-state index contributed by atoms with van der Waals surface area (Å²) in [7, 11) is 0. The molecule has 1 heteroatoms. The predicted octanol–water partition coefficient (Wildman–Crippen LogP) is 4.81. The molecule has 1 unspecified atom stereocenters. The molecule has 106 valence electrons. The summed E-state index contributed by atoms with van der Waals surface area (Å²) in [5.74, 6) is 0. The van der Waals surface area contributed by atoms with Crippen LogP contribution in [-0.2, 0) is 6.42 Å². The van der Waals surface area contributed by atoms with Crippen LogP contribution in [0.1, 0.15) is 29.2 Å². The van der Waals surface area contributed by atoms with Crippen LogP contribution in [0.25, 0.3) is 10.8 Å². The molecule has 1 atom stereocenters. The Balaban J connectivity index is 1.76. The third-order valence-electron chi connectivity index (χ3n) is 4.03. The zero-order valence-electron chi connectivity index (χ0n) is 12.3. The summed E-state index contributed by atoms with van der Waals surface area (Å²) in [5.41, 5.74) is 3.53. The molecule has 0 aromatic heterocycles. The molecule has 0 aliphatic heterocycles. The van der Waals surface area contributed by atoms with Gasteiger partial charge in [0.05, 0.1) is 6.10 Å².